The summed E-state index contributed by atoms with van der Waals surface area (Å²) in [5.41, 5.74) is 11.0. The second kappa shape index (κ2) is 17.2. The molecule has 0 radical (unpaired) electrons. The Morgan fingerprint density at radius 2 is 1.10 bits per heavy atom. The average Bonchev–Trinajstić information content (AvgIpc) is 3.37. The smallest absolute Gasteiger partial charge is 0.138 e. The summed E-state index contributed by atoms with van der Waals surface area (Å²) in [7, 11) is 0. The Kier molecular flexibility index (Phi) is 10.8. The number of benzene rings is 7. The summed E-state index contributed by atoms with van der Waals surface area (Å²) in [5, 5.41) is 4.88. The molecule has 0 aromatic heterocycles. The monoisotopic (exact) mass is 757 g/mol. The van der Waals surface area contributed by atoms with Crippen molar-refractivity contribution in [1.82, 2.24) is 0 Å². The van der Waals surface area contributed by atoms with Crippen LogP contribution in [0.5, 0.6) is 5.75 Å². The molecule has 0 amide bonds. The standard InChI is InChI=1S/C57H43NO/c1-42-21-5-4-7-26-46-29-20-38-53(57(46)59-42)45-22-6-2-3-8-31-48(32-12-9-25-45)58(49-33-17-30-47(41-49)52-37-18-27-43-23-10-13-34-50(43)52)56-40-16-15-36-55(56)54-39-19-28-44-24-11-14-35-51(44)54/h2-25,27-41H,1,26H2/b3-2?,6-2-,7-4-,8-3-,12-9?,21-5-,22-6?,25-9+,31-8?,32-12+,45-22+,45-25?,48-31+,48-32?. The predicted molar refractivity (Wildman–Crippen MR) is 252 cm³/mol. The number of rotatable bonds is 6. The summed E-state index contributed by atoms with van der Waals surface area (Å²) in [5.74, 6) is 1.43. The number of allylic oxidation sites excluding steroid dienone is 15. The van der Waals surface area contributed by atoms with Gasteiger partial charge in [-0.2, -0.15) is 0 Å². The molecule has 0 spiro atoms. The summed E-state index contributed by atoms with van der Waals surface area (Å²) in [6.45, 7) is 4.15. The molecule has 0 fully saturated rings. The summed E-state index contributed by atoms with van der Waals surface area (Å²) in [6, 6.07) is 54.4. The van der Waals surface area contributed by atoms with E-state index in [1.165, 1.54) is 32.7 Å². The average molecular weight is 758 g/mol. The molecule has 0 N–H and O–H groups in total. The van der Waals surface area contributed by atoms with Crippen molar-refractivity contribution >= 4 is 38.5 Å². The van der Waals surface area contributed by atoms with Crippen LogP contribution in [0.3, 0.4) is 0 Å². The lowest BCUT2D eigenvalue weighted by molar-refractivity contribution is 0.441. The topological polar surface area (TPSA) is 12.5 Å². The van der Waals surface area contributed by atoms with Gasteiger partial charge in [0.2, 0.25) is 0 Å². The van der Waals surface area contributed by atoms with Gasteiger partial charge >= 0.3 is 0 Å². The minimum absolute atomic E-state index is 0.601. The highest BCUT2D eigenvalue weighted by molar-refractivity contribution is 6.01. The largest absolute Gasteiger partial charge is 0.457 e. The molecule has 59 heavy (non-hydrogen) atoms. The van der Waals surface area contributed by atoms with Crippen molar-refractivity contribution < 1.29 is 4.74 Å². The summed E-state index contributed by atoms with van der Waals surface area (Å²) in [6.07, 6.45) is 30.1. The number of nitrogens with zero attached hydrogens (tertiary/aromatic N) is 1. The first-order chi connectivity index (χ1) is 29.2. The minimum Gasteiger partial charge on any atom is -0.457 e. The lowest BCUT2D eigenvalue weighted by atomic mass is 9.95. The van der Waals surface area contributed by atoms with Crippen LogP contribution < -0.4 is 9.64 Å². The van der Waals surface area contributed by atoms with Crippen LogP contribution in [-0.4, -0.2) is 0 Å². The molecule has 0 saturated heterocycles. The molecule has 2 nitrogen and oxygen atoms in total. The number of anilines is 2. The molecule has 1 aliphatic heterocycles. The highest BCUT2D eigenvalue weighted by Gasteiger charge is 2.20. The molecule has 0 bridgehead atoms. The van der Waals surface area contributed by atoms with Crippen molar-refractivity contribution in [1.29, 1.82) is 0 Å². The van der Waals surface area contributed by atoms with Gasteiger partial charge in [0.05, 0.1) is 5.69 Å². The maximum absolute atomic E-state index is 6.39. The van der Waals surface area contributed by atoms with E-state index in [4.69, 9.17) is 4.74 Å². The van der Waals surface area contributed by atoms with Crippen LogP contribution in [0.25, 0.3) is 49.4 Å². The number of para-hydroxylation sites is 2. The molecular weight excluding hydrogens is 715 g/mol. The van der Waals surface area contributed by atoms with Crippen molar-refractivity contribution in [2.24, 2.45) is 0 Å². The molecule has 2 aliphatic rings. The fourth-order valence-electron chi connectivity index (χ4n) is 7.96. The van der Waals surface area contributed by atoms with E-state index in [0.29, 0.717) is 5.76 Å². The lowest BCUT2D eigenvalue weighted by Gasteiger charge is -2.29. The molecule has 7 aromatic rings. The first kappa shape index (κ1) is 36.9. The molecule has 282 valence electrons. The van der Waals surface area contributed by atoms with Gasteiger partial charge in [-0.1, -0.05) is 207 Å². The van der Waals surface area contributed by atoms with Gasteiger partial charge in [0, 0.05) is 22.5 Å². The number of hydrogen-bond acceptors (Lipinski definition) is 2. The fraction of sp³-hybridized carbons (Fsp3) is 0.0175. The molecule has 9 rings (SSSR count). The van der Waals surface area contributed by atoms with E-state index >= 15 is 0 Å². The van der Waals surface area contributed by atoms with Gasteiger partial charge < -0.3 is 9.64 Å². The molecule has 7 aromatic carbocycles. The Balaban J connectivity index is 1.18. The molecule has 0 atom stereocenters. The van der Waals surface area contributed by atoms with Gasteiger partial charge in [-0.3, -0.25) is 0 Å². The Morgan fingerprint density at radius 1 is 0.475 bits per heavy atom. The first-order valence-electron chi connectivity index (χ1n) is 20.1. The Labute approximate surface area is 347 Å². The second-order valence-corrected chi connectivity index (χ2v) is 14.5. The van der Waals surface area contributed by atoms with E-state index in [-0.39, 0.29) is 0 Å². The third-order valence-corrected chi connectivity index (χ3v) is 10.7. The van der Waals surface area contributed by atoms with E-state index < -0.39 is 0 Å². The van der Waals surface area contributed by atoms with Gasteiger partial charge in [-0.15, -0.1) is 0 Å². The van der Waals surface area contributed by atoms with Crippen LogP contribution in [0.2, 0.25) is 0 Å². The quantitative estimate of drug-likeness (QED) is 0.167. The van der Waals surface area contributed by atoms with Gasteiger partial charge in [0.1, 0.15) is 11.5 Å². The summed E-state index contributed by atoms with van der Waals surface area (Å²) in [4.78, 5) is 2.39. The van der Waals surface area contributed by atoms with E-state index in [1.807, 2.05) is 18.2 Å². The summed E-state index contributed by atoms with van der Waals surface area (Å²) < 4.78 is 6.39. The van der Waals surface area contributed by atoms with E-state index in [2.05, 4.69) is 230 Å². The molecule has 1 aliphatic carbocycles. The van der Waals surface area contributed by atoms with Crippen LogP contribution in [0, 0.1) is 0 Å². The molecule has 0 unspecified atom stereocenters. The van der Waals surface area contributed by atoms with Crippen LogP contribution in [0.15, 0.2) is 255 Å². The SMILES string of the molecule is C=C1/C=C\C=C/Cc2cccc(C3=C/C=C\C=C/C=C(N(c4cccc(-c5cccc6ccccc56)c4)c4ccccc4-c4cccc5ccccc45)\C=C\C=C\3)c2O1. The van der Waals surface area contributed by atoms with Crippen molar-refractivity contribution in [2.75, 3.05) is 4.90 Å². The maximum Gasteiger partial charge on any atom is 0.138 e. The summed E-state index contributed by atoms with van der Waals surface area (Å²) >= 11 is 0. The van der Waals surface area contributed by atoms with Crippen molar-refractivity contribution in [3.63, 3.8) is 0 Å². The number of fused-ring (bicyclic) bond motifs is 3. The van der Waals surface area contributed by atoms with Crippen molar-refractivity contribution in [3.8, 4) is 28.0 Å². The molecular formula is C57H43NO. The van der Waals surface area contributed by atoms with Crippen LogP contribution in [0.4, 0.5) is 11.4 Å². The zero-order chi connectivity index (χ0) is 39.8. The zero-order valence-electron chi connectivity index (χ0n) is 32.8. The van der Waals surface area contributed by atoms with E-state index in [1.54, 1.807) is 0 Å². The Bertz CT molecular complexity index is 2950. The van der Waals surface area contributed by atoms with Crippen molar-refractivity contribution in [3.05, 3.63) is 266 Å². The third kappa shape index (κ3) is 7.98. The maximum atomic E-state index is 6.39. The highest BCUT2D eigenvalue weighted by Crippen LogP contribution is 2.42. The van der Waals surface area contributed by atoms with Gasteiger partial charge in [-0.25, -0.2) is 0 Å². The zero-order valence-corrected chi connectivity index (χ0v) is 32.8. The second-order valence-electron chi connectivity index (χ2n) is 14.5. The highest BCUT2D eigenvalue weighted by atomic mass is 16.5. The molecule has 1 heterocycles. The van der Waals surface area contributed by atoms with E-state index in [0.717, 1.165) is 57.1 Å². The number of hydrogen-bond donors (Lipinski definition) is 0. The van der Waals surface area contributed by atoms with Crippen LogP contribution in [0.1, 0.15) is 11.1 Å². The Hall–Kier alpha value is -7.68. The molecule has 2 heteroatoms. The van der Waals surface area contributed by atoms with E-state index in [9.17, 15) is 0 Å². The molecule has 0 saturated carbocycles. The van der Waals surface area contributed by atoms with Gasteiger partial charge in [-0.05, 0) is 92.2 Å². The normalized spacial score (nSPS) is 19.0. The predicted octanol–water partition coefficient (Wildman–Crippen LogP) is 15.2. The van der Waals surface area contributed by atoms with Gasteiger partial charge in [0.25, 0.3) is 0 Å². The van der Waals surface area contributed by atoms with Crippen LogP contribution >= 0.6 is 0 Å². The fourth-order valence-corrected chi connectivity index (χ4v) is 7.96. The third-order valence-electron chi connectivity index (χ3n) is 10.7. The lowest BCUT2D eigenvalue weighted by Crippen LogP contribution is -2.16. The first-order valence-corrected chi connectivity index (χ1v) is 20.1. The minimum atomic E-state index is 0.601. The Morgan fingerprint density at radius 3 is 1.95 bits per heavy atom. The van der Waals surface area contributed by atoms with Crippen LogP contribution in [-0.2, 0) is 6.42 Å². The van der Waals surface area contributed by atoms with Crippen molar-refractivity contribution in [2.45, 2.75) is 6.42 Å². The number of ether oxygens (including phenoxy) is 1. The van der Waals surface area contributed by atoms with Gasteiger partial charge in [0.15, 0.2) is 0 Å².